The van der Waals surface area contributed by atoms with E-state index in [1.54, 1.807) is 6.26 Å². The molecule has 1 aromatic heterocycles. The average Bonchev–Trinajstić information content (AvgIpc) is 3.35. The van der Waals surface area contributed by atoms with E-state index in [1.807, 2.05) is 0 Å². The Bertz CT molecular complexity index is 1570. The molecule has 2 atom stereocenters. The van der Waals surface area contributed by atoms with Crippen molar-refractivity contribution in [3.8, 4) is 22.3 Å². The maximum atomic E-state index is 5.87. The Morgan fingerprint density at radius 3 is 2.41 bits per heavy atom. The lowest BCUT2D eigenvalue weighted by Gasteiger charge is -2.36. The summed E-state index contributed by atoms with van der Waals surface area (Å²) in [5.74, 6) is 0.246. The summed E-state index contributed by atoms with van der Waals surface area (Å²) in [4.78, 5) is 2.52. The molecular weight excluding hydrogens is 414 g/mol. The van der Waals surface area contributed by atoms with E-state index in [-0.39, 0.29) is 12.0 Å². The average molecular weight is 438 g/mol. The van der Waals surface area contributed by atoms with Crippen molar-refractivity contribution < 1.29 is 4.42 Å². The van der Waals surface area contributed by atoms with Crippen molar-refractivity contribution in [2.45, 2.75) is 12.0 Å². The van der Waals surface area contributed by atoms with Crippen molar-refractivity contribution in [1.29, 1.82) is 0 Å². The summed E-state index contributed by atoms with van der Waals surface area (Å²) >= 11 is 0. The highest BCUT2D eigenvalue weighted by atomic mass is 16.3. The van der Waals surface area contributed by atoms with E-state index >= 15 is 0 Å². The molecule has 1 aliphatic heterocycles. The number of benzene rings is 4. The lowest BCUT2D eigenvalue weighted by molar-refractivity contribution is 0.616. The second kappa shape index (κ2) is 7.64. The van der Waals surface area contributed by atoms with Crippen molar-refractivity contribution in [3.05, 3.63) is 133 Å². The van der Waals surface area contributed by atoms with Crippen LogP contribution in [0.15, 0.2) is 132 Å². The first-order valence-electron chi connectivity index (χ1n) is 11.8. The molecule has 34 heavy (non-hydrogen) atoms. The number of allylic oxidation sites excluding steroid dienone is 2. The highest BCUT2D eigenvalue weighted by Crippen LogP contribution is 2.50. The van der Waals surface area contributed by atoms with E-state index in [9.17, 15) is 0 Å². The molecule has 2 unspecified atom stereocenters. The van der Waals surface area contributed by atoms with Crippen molar-refractivity contribution in [2.24, 2.45) is 0 Å². The number of furan rings is 1. The van der Waals surface area contributed by atoms with Gasteiger partial charge in [-0.25, -0.2) is 0 Å². The van der Waals surface area contributed by atoms with Crippen molar-refractivity contribution >= 4 is 22.3 Å². The molecule has 0 bridgehead atoms. The Hall–Kier alpha value is -4.30. The van der Waals surface area contributed by atoms with Crippen LogP contribution in [0.4, 0.5) is 11.4 Å². The molecule has 0 saturated heterocycles. The summed E-state index contributed by atoms with van der Waals surface area (Å²) in [6, 6.07) is 34.9. The molecule has 7 rings (SSSR count). The molecule has 2 aliphatic rings. The maximum Gasteiger partial charge on any atom is 0.135 e. The van der Waals surface area contributed by atoms with Crippen LogP contribution in [0.25, 0.3) is 33.2 Å². The third kappa shape index (κ3) is 2.89. The van der Waals surface area contributed by atoms with Crippen LogP contribution >= 0.6 is 0 Å². The molecule has 2 nitrogen and oxygen atoms in total. The second-order valence-electron chi connectivity index (χ2n) is 8.95. The van der Waals surface area contributed by atoms with Crippen LogP contribution in [0.2, 0.25) is 0 Å². The highest BCUT2D eigenvalue weighted by molar-refractivity contribution is 6.04. The van der Waals surface area contributed by atoms with Gasteiger partial charge in [-0.2, -0.15) is 0 Å². The van der Waals surface area contributed by atoms with Crippen LogP contribution in [0.1, 0.15) is 11.5 Å². The molecular formula is C32H23NO. The Morgan fingerprint density at radius 2 is 1.47 bits per heavy atom. The molecule has 0 saturated carbocycles. The first kappa shape index (κ1) is 19.2. The zero-order valence-corrected chi connectivity index (χ0v) is 18.6. The molecule has 0 fully saturated rings. The first-order chi connectivity index (χ1) is 16.9. The lowest BCUT2D eigenvalue weighted by Crippen LogP contribution is -2.34. The summed E-state index contributed by atoms with van der Waals surface area (Å²) < 4.78 is 5.87. The molecule has 2 heteroatoms. The fourth-order valence-electron chi connectivity index (χ4n) is 5.58. The molecule has 1 aliphatic carbocycles. The van der Waals surface area contributed by atoms with Crippen molar-refractivity contribution in [2.75, 3.05) is 4.90 Å². The van der Waals surface area contributed by atoms with E-state index < -0.39 is 0 Å². The van der Waals surface area contributed by atoms with Gasteiger partial charge in [-0.1, -0.05) is 91.0 Å². The lowest BCUT2D eigenvalue weighted by atomic mass is 9.85. The van der Waals surface area contributed by atoms with E-state index in [1.165, 1.54) is 39.2 Å². The summed E-state index contributed by atoms with van der Waals surface area (Å²) in [5, 5.41) is 1.14. The van der Waals surface area contributed by atoms with E-state index in [0.29, 0.717) is 0 Å². The second-order valence-corrected chi connectivity index (χ2v) is 8.95. The molecule has 4 aromatic carbocycles. The minimum absolute atomic E-state index is 0.152. The van der Waals surface area contributed by atoms with Crippen LogP contribution in [0.3, 0.4) is 0 Å². The molecule has 5 aromatic rings. The maximum absolute atomic E-state index is 5.87. The summed E-state index contributed by atoms with van der Waals surface area (Å²) in [6.07, 6.45) is 10.8. The molecule has 0 radical (unpaired) electrons. The van der Waals surface area contributed by atoms with Gasteiger partial charge in [0.1, 0.15) is 5.58 Å². The zero-order valence-electron chi connectivity index (χ0n) is 18.6. The molecule has 0 N–H and O–H groups in total. The normalized spacial score (nSPS) is 18.3. The quantitative estimate of drug-likeness (QED) is 0.275. The van der Waals surface area contributed by atoms with E-state index in [0.717, 1.165) is 11.0 Å². The standard InChI is InChI=1S/C32H23NO/c1-2-9-22(10-3-1)23-11-8-12-24(21-23)33-30-16-7-6-15-27(30)25-13-4-5-14-26(25)28-17-18-31-29(32(28)33)19-20-34-31/h1-21,27,30H. The smallest absolute Gasteiger partial charge is 0.135 e. The molecule has 162 valence electrons. The van der Waals surface area contributed by atoms with Gasteiger partial charge in [-0.15, -0.1) is 0 Å². The summed E-state index contributed by atoms with van der Waals surface area (Å²) in [7, 11) is 0. The van der Waals surface area contributed by atoms with Crippen molar-refractivity contribution in [1.82, 2.24) is 0 Å². The first-order valence-corrected chi connectivity index (χ1v) is 11.8. The van der Waals surface area contributed by atoms with Crippen molar-refractivity contribution in [3.63, 3.8) is 0 Å². The van der Waals surface area contributed by atoms with Gasteiger partial charge in [0.05, 0.1) is 18.0 Å². The predicted molar refractivity (Wildman–Crippen MR) is 140 cm³/mol. The van der Waals surface area contributed by atoms with Crippen LogP contribution < -0.4 is 4.90 Å². The van der Waals surface area contributed by atoms with Gasteiger partial charge >= 0.3 is 0 Å². The van der Waals surface area contributed by atoms with Gasteiger partial charge in [0.25, 0.3) is 0 Å². The van der Waals surface area contributed by atoms with Crippen LogP contribution in [-0.4, -0.2) is 6.04 Å². The Labute approximate surface area is 199 Å². The van der Waals surface area contributed by atoms with Crippen LogP contribution in [-0.2, 0) is 0 Å². The van der Waals surface area contributed by atoms with Gasteiger partial charge in [-0.3, -0.25) is 0 Å². The molecule has 0 amide bonds. The summed E-state index contributed by atoms with van der Waals surface area (Å²) in [5.41, 5.74) is 9.62. The number of hydrogen-bond acceptors (Lipinski definition) is 2. The number of fused-ring (bicyclic) bond motifs is 7. The van der Waals surface area contributed by atoms with E-state index in [2.05, 4.69) is 126 Å². The third-order valence-electron chi connectivity index (χ3n) is 7.09. The summed E-state index contributed by atoms with van der Waals surface area (Å²) in [6.45, 7) is 0. The SMILES string of the molecule is C1=CC2c3ccccc3-c3ccc4occc4c3N(c3cccc(-c4ccccc4)c3)C2C=C1. The third-order valence-corrected chi connectivity index (χ3v) is 7.09. The topological polar surface area (TPSA) is 16.4 Å². The van der Waals surface area contributed by atoms with E-state index in [4.69, 9.17) is 4.42 Å². The van der Waals surface area contributed by atoms with Gasteiger partial charge in [0.15, 0.2) is 0 Å². The van der Waals surface area contributed by atoms with Gasteiger partial charge in [0, 0.05) is 22.6 Å². The fourth-order valence-corrected chi connectivity index (χ4v) is 5.58. The van der Waals surface area contributed by atoms with Gasteiger partial charge in [-0.05, 0) is 52.6 Å². The number of rotatable bonds is 2. The number of hydrogen-bond donors (Lipinski definition) is 0. The fraction of sp³-hybridized carbons (Fsp3) is 0.0625. The Morgan fingerprint density at radius 1 is 0.647 bits per heavy atom. The minimum atomic E-state index is 0.152. The monoisotopic (exact) mass is 437 g/mol. The zero-order chi connectivity index (χ0) is 22.5. The van der Waals surface area contributed by atoms with Crippen LogP contribution in [0.5, 0.6) is 0 Å². The van der Waals surface area contributed by atoms with Gasteiger partial charge in [0.2, 0.25) is 0 Å². The van der Waals surface area contributed by atoms with Crippen LogP contribution in [0, 0.1) is 0 Å². The highest BCUT2D eigenvalue weighted by Gasteiger charge is 2.35. The predicted octanol–water partition coefficient (Wildman–Crippen LogP) is 8.50. The Kier molecular flexibility index (Phi) is 4.31. The molecule has 2 heterocycles. The number of anilines is 2. The minimum Gasteiger partial charge on any atom is -0.464 e. The molecule has 0 spiro atoms. The number of nitrogens with zero attached hydrogens (tertiary/aromatic N) is 1. The Balaban J connectivity index is 1.54. The largest absolute Gasteiger partial charge is 0.464 e. The van der Waals surface area contributed by atoms with Gasteiger partial charge < -0.3 is 9.32 Å².